The third-order valence-electron chi connectivity index (χ3n) is 2.18. The van der Waals surface area contributed by atoms with Gasteiger partial charge < -0.3 is 9.47 Å². The molecule has 5 heteroatoms. The van der Waals surface area contributed by atoms with E-state index < -0.39 is 18.2 Å². The summed E-state index contributed by atoms with van der Waals surface area (Å²) in [6.07, 6.45) is 0.579. The summed E-state index contributed by atoms with van der Waals surface area (Å²) >= 11 is 0. The van der Waals surface area contributed by atoms with E-state index in [1.165, 1.54) is 26.0 Å². The standard InChI is InChI=1S/C14H15FO4/c1-9(8-12-4-6-13(15)7-5-12)14(18-10(2)16)19-11(3)17/h4-8,14H,1-3H3. The van der Waals surface area contributed by atoms with E-state index in [2.05, 4.69) is 0 Å². The van der Waals surface area contributed by atoms with Crippen LogP contribution in [-0.4, -0.2) is 18.2 Å². The van der Waals surface area contributed by atoms with Gasteiger partial charge in [-0.25, -0.2) is 4.39 Å². The Morgan fingerprint density at radius 3 is 1.95 bits per heavy atom. The highest BCUT2D eigenvalue weighted by Crippen LogP contribution is 2.14. The Kier molecular flexibility index (Phi) is 5.23. The zero-order valence-electron chi connectivity index (χ0n) is 11.0. The Bertz CT molecular complexity index is 475. The highest BCUT2D eigenvalue weighted by atomic mass is 19.1. The minimum Gasteiger partial charge on any atom is -0.421 e. The summed E-state index contributed by atoms with van der Waals surface area (Å²) in [5, 5.41) is 0. The lowest BCUT2D eigenvalue weighted by atomic mass is 10.1. The van der Waals surface area contributed by atoms with E-state index in [1.54, 1.807) is 25.1 Å². The molecule has 0 aliphatic carbocycles. The first-order valence-electron chi connectivity index (χ1n) is 5.66. The molecule has 1 aromatic rings. The quantitative estimate of drug-likeness (QED) is 0.621. The number of carbonyl (C=O) groups excluding carboxylic acids is 2. The van der Waals surface area contributed by atoms with Crippen LogP contribution in [0.15, 0.2) is 29.8 Å². The molecule has 0 aliphatic heterocycles. The van der Waals surface area contributed by atoms with Gasteiger partial charge in [0.15, 0.2) is 0 Å². The van der Waals surface area contributed by atoms with Gasteiger partial charge in [0.1, 0.15) is 5.82 Å². The smallest absolute Gasteiger partial charge is 0.305 e. The lowest BCUT2D eigenvalue weighted by Gasteiger charge is -2.17. The Morgan fingerprint density at radius 1 is 1.05 bits per heavy atom. The van der Waals surface area contributed by atoms with Gasteiger partial charge in [-0.15, -0.1) is 0 Å². The molecule has 0 saturated carbocycles. The van der Waals surface area contributed by atoms with Crippen molar-refractivity contribution in [1.29, 1.82) is 0 Å². The van der Waals surface area contributed by atoms with Crippen molar-refractivity contribution in [3.63, 3.8) is 0 Å². The SMILES string of the molecule is CC(=O)OC(OC(C)=O)C(C)=Cc1ccc(F)cc1. The van der Waals surface area contributed by atoms with Crippen LogP contribution in [0.3, 0.4) is 0 Å². The molecular weight excluding hydrogens is 251 g/mol. The topological polar surface area (TPSA) is 52.6 Å². The van der Waals surface area contributed by atoms with Crippen molar-refractivity contribution in [2.75, 3.05) is 0 Å². The lowest BCUT2D eigenvalue weighted by Crippen LogP contribution is -2.23. The molecule has 4 nitrogen and oxygen atoms in total. The van der Waals surface area contributed by atoms with Gasteiger partial charge in [0, 0.05) is 19.4 Å². The van der Waals surface area contributed by atoms with Gasteiger partial charge in [-0.2, -0.15) is 0 Å². The van der Waals surface area contributed by atoms with Crippen LogP contribution >= 0.6 is 0 Å². The molecule has 19 heavy (non-hydrogen) atoms. The first kappa shape index (κ1) is 14.9. The van der Waals surface area contributed by atoms with E-state index in [1.807, 2.05) is 0 Å². The van der Waals surface area contributed by atoms with E-state index in [4.69, 9.17) is 9.47 Å². The molecule has 0 aromatic heterocycles. The fourth-order valence-electron chi connectivity index (χ4n) is 1.40. The summed E-state index contributed by atoms with van der Waals surface area (Å²) in [5.41, 5.74) is 1.24. The van der Waals surface area contributed by atoms with E-state index in [9.17, 15) is 14.0 Å². The fraction of sp³-hybridized carbons (Fsp3) is 0.286. The average molecular weight is 266 g/mol. The highest BCUT2D eigenvalue weighted by Gasteiger charge is 2.17. The predicted molar refractivity (Wildman–Crippen MR) is 67.4 cm³/mol. The van der Waals surface area contributed by atoms with E-state index >= 15 is 0 Å². The van der Waals surface area contributed by atoms with Gasteiger partial charge in [0.25, 0.3) is 6.29 Å². The van der Waals surface area contributed by atoms with Gasteiger partial charge >= 0.3 is 11.9 Å². The van der Waals surface area contributed by atoms with Crippen LogP contribution in [0.1, 0.15) is 26.3 Å². The van der Waals surface area contributed by atoms with Crippen molar-refractivity contribution in [2.45, 2.75) is 27.1 Å². The molecule has 1 aromatic carbocycles. The van der Waals surface area contributed by atoms with Gasteiger partial charge in [-0.3, -0.25) is 9.59 Å². The molecular formula is C14H15FO4. The van der Waals surface area contributed by atoms with Crippen molar-refractivity contribution in [2.24, 2.45) is 0 Å². The second-order valence-electron chi connectivity index (χ2n) is 3.99. The number of rotatable bonds is 4. The number of halogens is 1. The molecule has 0 fully saturated rings. The van der Waals surface area contributed by atoms with Crippen LogP contribution < -0.4 is 0 Å². The molecule has 1 rings (SSSR count). The Hall–Kier alpha value is -2.17. The van der Waals surface area contributed by atoms with Crippen LogP contribution in [0.5, 0.6) is 0 Å². The van der Waals surface area contributed by atoms with E-state index in [0.29, 0.717) is 11.1 Å². The summed E-state index contributed by atoms with van der Waals surface area (Å²) < 4.78 is 22.6. The van der Waals surface area contributed by atoms with Crippen molar-refractivity contribution < 1.29 is 23.5 Å². The normalized spacial score (nSPS) is 11.3. The molecule has 0 radical (unpaired) electrons. The zero-order valence-corrected chi connectivity index (χ0v) is 11.0. The number of hydrogen-bond acceptors (Lipinski definition) is 4. The molecule has 102 valence electrons. The molecule has 0 heterocycles. The first-order chi connectivity index (χ1) is 8.88. The second-order valence-corrected chi connectivity index (χ2v) is 3.99. The summed E-state index contributed by atoms with van der Waals surface area (Å²) in [4.78, 5) is 21.9. The van der Waals surface area contributed by atoms with Gasteiger partial charge in [-0.1, -0.05) is 12.1 Å². The summed E-state index contributed by atoms with van der Waals surface area (Å²) in [6, 6.07) is 5.76. The van der Waals surface area contributed by atoms with Gasteiger partial charge in [0.05, 0.1) is 0 Å². The average Bonchev–Trinajstić information content (AvgIpc) is 2.30. The predicted octanol–water partition coefficient (Wildman–Crippen LogP) is 2.68. The molecule has 0 N–H and O–H groups in total. The minimum atomic E-state index is -1.07. The number of hydrogen-bond donors (Lipinski definition) is 0. The summed E-state index contributed by atoms with van der Waals surface area (Å²) in [6.45, 7) is 4.10. The summed E-state index contributed by atoms with van der Waals surface area (Å²) in [5.74, 6) is -1.46. The monoisotopic (exact) mass is 266 g/mol. The van der Waals surface area contributed by atoms with Gasteiger partial charge in [-0.05, 0) is 30.7 Å². The maximum Gasteiger partial charge on any atom is 0.305 e. The number of carbonyl (C=O) groups is 2. The second kappa shape index (κ2) is 6.68. The molecule has 0 bridgehead atoms. The zero-order chi connectivity index (χ0) is 14.4. The van der Waals surface area contributed by atoms with E-state index in [-0.39, 0.29) is 5.82 Å². The number of ether oxygens (including phenoxy) is 2. The number of benzene rings is 1. The van der Waals surface area contributed by atoms with Crippen LogP contribution in [0, 0.1) is 5.82 Å². The summed E-state index contributed by atoms with van der Waals surface area (Å²) in [7, 11) is 0. The third-order valence-corrected chi connectivity index (χ3v) is 2.18. The largest absolute Gasteiger partial charge is 0.421 e. The molecule has 0 spiro atoms. The Morgan fingerprint density at radius 2 is 1.53 bits per heavy atom. The highest BCUT2D eigenvalue weighted by molar-refractivity contribution is 5.69. The van der Waals surface area contributed by atoms with Crippen LogP contribution in [0.4, 0.5) is 4.39 Å². The van der Waals surface area contributed by atoms with Crippen molar-refractivity contribution in [3.8, 4) is 0 Å². The first-order valence-corrected chi connectivity index (χ1v) is 5.66. The maximum absolute atomic E-state index is 12.8. The van der Waals surface area contributed by atoms with Crippen LogP contribution in [0.2, 0.25) is 0 Å². The molecule has 0 unspecified atom stereocenters. The van der Waals surface area contributed by atoms with Crippen LogP contribution in [-0.2, 0) is 19.1 Å². The van der Waals surface area contributed by atoms with Crippen molar-refractivity contribution >= 4 is 18.0 Å². The fourth-order valence-corrected chi connectivity index (χ4v) is 1.40. The van der Waals surface area contributed by atoms with Gasteiger partial charge in [0.2, 0.25) is 0 Å². The molecule has 0 atom stereocenters. The lowest BCUT2D eigenvalue weighted by molar-refractivity contribution is -0.177. The minimum absolute atomic E-state index is 0.341. The molecule has 0 amide bonds. The molecule has 0 saturated heterocycles. The van der Waals surface area contributed by atoms with E-state index in [0.717, 1.165) is 0 Å². The third kappa shape index (κ3) is 5.33. The van der Waals surface area contributed by atoms with Crippen molar-refractivity contribution in [1.82, 2.24) is 0 Å². The Labute approximate surface area is 110 Å². The van der Waals surface area contributed by atoms with Crippen molar-refractivity contribution in [3.05, 3.63) is 41.2 Å². The van der Waals surface area contributed by atoms with Crippen LogP contribution in [0.25, 0.3) is 6.08 Å². The maximum atomic E-state index is 12.8. The Balaban J connectivity index is 2.90. The molecule has 0 aliphatic rings. The number of esters is 2.